The predicted molar refractivity (Wildman–Crippen MR) is 86.5 cm³/mol. The Kier molecular flexibility index (Phi) is 5.76. The van der Waals surface area contributed by atoms with E-state index >= 15 is 0 Å². The standard InChI is InChI=1S/C18H24N2O/c1-4-9-19-11-16-6-7-17(20-12-16)13-21-18-8-5-14(2)15(3)10-18/h5-8,10,12,19H,4,9,11,13H2,1-3H3. The van der Waals surface area contributed by atoms with Crippen LogP contribution in [0.4, 0.5) is 0 Å². The topological polar surface area (TPSA) is 34.1 Å². The summed E-state index contributed by atoms with van der Waals surface area (Å²) < 4.78 is 5.79. The highest BCUT2D eigenvalue weighted by Crippen LogP contribution is 2.17. The van der Waals surface area contributed by atoms with E-state index in [4.69, 9.17) is 4.74 Å². The zero-order valence-electron chi connectivity index (χ0n) is 13.1. The van der Waals surface area contributed by atoms with Crippen molar-refractivity contribution in [3.8, 4) is 5.75 Å². The van der Waals surface area contributed by atoms with Crippen molar-refractivity contribution in [3.63, 3.8) is 0 Å². The summed E-state index contributed by atoms with van der Waals surface area (Å²) in [5, 5.41) is 3.37. The molecule has 112 valence electrons. The molecule has 0 unspecified atom stereocenters. The van der Waals surface area contributed by atoms with Crippen LogP contribution in [0.15, 0.2) is 36.5 Å². The number of rotatable bonds is 7. The van der Waals surface area contributed by atoms with Gasteiger partial charge in [-0.3, -0.25) is 4.98 Å². The number of pyridine rings is 1. The number of aryl methyl sites for hydroxylation is 2. The fourth-order valence-electron chi connectivity index (χ4n) is 2.02. The molecule has 2 rings (SSSR count). The fourth-order valence-corrected chi connectivity index (χ4v) is 2.02. The van der Waals surface area contributed by atoms with Crippen LogP contribution in [-0.4, -0.2) is 11.5 Å². The molecule has 0 aliphatic heterocycles. The van der Waals surface area contributed by atoms with Crippen LogP contribution in [0.2, 0.25) is 0 Å². The minimum atomic E-state index is 0.505. The third-order valence-electron chi connectivity index (χ3n) is 3.51. The fraction of sp³-hybridized carbons (Fsp3) is 0.389. The molecule has 0 spiro atoms. The average molecular weight is 284 g/mol. The molecule has 1 N–H and O–H groups in total. The van der Waals surface area contributed by atoms with Crippen molar-refractivity contribution in [2.45, 2.75) is 40.3 Å². The summed E-state index contributed by atoms with van der Waals surface area (Å²) in [4.78, 5) is 4.45. The number of ether oxygens (including phenoxy) is 1. The van der Waals surface area contributed by atoms with Gasteiger partial charge in [0.05, 0.1) is 5.69 Å². The van der Waals surface area contributed by atoms with Crippen LogP contribution < -0.4 is 10.1 Å². The van der Waals surface area contributed by atoms with Crippen molar-refractivity contribution in [1.29, 1.82) is 0 Å². The van der Waals surface area contributed by atoms with E-state index in [0.717, 1.165) is 31.0 Å². The first-order valence-corrected chi connectivity index (χ1v) is 7.53. The Morgan fingerprint density at radius 2 is 1.95 bits per heavy atom. The molecular formula is C18H24N2O. The molecule has 21 heavy (non-hydrogen) atoms. The largest absolute Gasteiger partial charge is 0.487 e. The molecule has 0 fully saturated rings. The summed E-state index contributed by atoms with van der Waals surface area (Å²) in [6, 6.07) is 10.3. The molecule has 0 radical (unpaired) electrons. The molecular weight excluding hydrogens is 260 g/mol. The highest BCUT2D eigenvalue weighted by atomic mass is 16.5. The molecule has 0 atom stereocenters. The number of hydrogen-bond acceptors (Lipinski definition) is 3. The maximum absolute atomic E-state index is 5.79. The summed E-state index contributed by atoms with van der Waals surface area (Å²) in [5.41, 5.74) is 4.69. The summed E-state index contributed by atoms with van der Waals surface area (Å²) in [7, 11) is 0. The molecule has 0 aliphatic carbocycles. The zero-order chi connectivity index (χ0) is 15.1. The monoisotopic (exact) mass is 284 g/mol. The summed E-state index contributed by atoms with van der Waals surface area (Å²) in [6.45, 7) is 8.78. The van der Waals surface area contributed by atoms with Gasteiger partial charge in [-0.2, -0.15) is 0 Å². The smallest absolute Gasteiger partial charge is 0.130 e. The second-order valence-electron chi connectivity index (χ2n) is 5.37. The molecule has 0 bridgehead atoms. The average Bonchev–Trinajstić information content (AvgIpc) is 2.50. The van der Waals surface area contributed by atoms with Crippen molar-refractivity contribution in [2.24, 2.45) is 0 Å². The minimum absolute atomic E-state index is 0.505. The van der Waals surface area contributed by atoms with Crippen LogP contribution in [0.1, 0.15) is 35.7 Å². The number of hydrogen-bond donors (Lipinski definition) is 1. The second kappa shape index (κ2) is 7.79. The summed E-state index contributed by atoms with van der Waals surface area (Å²) in [6.07, 6.45) is 3.07. The van der Waals surface area contributed by atoms with E-state index in [-0.39, 0.29) is 0 Å². The van der Waals surface area contributed by atoms with E-state index in [1.54, 1.807) is 0 Å². The highest BCUT2D eigenvalue weighted by molar-refractivity contribution is 5.33. The Hall–Kier alpha value is -1.87. The zero-order valence-corrected chi connectivity index (χ0v) is 13.1. The van der Waals surface area contributed by atoms with Crippen LogP contribution >= 0.6 is 0 Å². The lowest BCUT2D eigenvalue weighted by molar-refractivity contribution is 0.301. The lowest BCUT2D eigenvalue weighted by Crippen LogP contribution is -2.14. The summed E-state index contributed by atoms with van der Waals surface area (Å²) in [5.74, 6) is 0.897. The van der Waals surface area contributed by atoms with Gasteiger partial charge >= 0.3 is 0 Å². The van der Waals surface area contributed by atoms with Gasteiger partial charge in [0.25, 0.3) is 0 Å². The van der Waals surface area contributed by atoms with Crippen molar-refractivity contribution in [1.82, 2.24) is 10.3 Å². The van der Waals surface area contributed by atoms with Gasteiger partial charge in [-0.1, -0.05) is 19.1 Å². The van der Waals surface area contributed by atoms with Crippen molar-refractivity contribution in [2.75, 3.05) is 6.54 Å². The Labute approximate surface area is 127 Å². The molecule has 0 saturated carbocycles. The van der Waals surface area contributed by atoms with Gasteiger partial charge in [-0.05, 0) is 61.7 Å². The maximum Gasteiger partial charge on any atom is 0.130 e. The van der Waals surface area contributed by atoms with Crippen LogP contribution in [0.5, 0.6) is 5.75 Å². The molecule has 0 saturated heterocycles. The third-order valence-corrected chi connectivity index (χ3v) is 3.51. The van der Waals surface area contributed by atoms with Crippen LogP contribution in [0, 0.1) is 13.8 Å². The van der Waals surface area contributed by atoms with E-state index in [1.165, 1.54) is 16.7 Å². The third kappa shape index (κ3) is 4.87. The number of nitrogens with one attached hydrogen (secondary N) is 1. The maximum atomic E-state index is 5.79. The van der Waals surface area contributed by atoms with E-state index in [9.17, 15) is 0 Å². The molecule has 0 aliphatic rings. The predicted octanol–water partition coefficient (Wildman–Crippen LogP) is 3.78. The Balaban J connectivity index is 1.86. The first-order valence-electron chi connectivity index (χ1n) is 7.53. The van der Waals surface area contributed by atoms with Gasteiger partial charge in [-0.15, -0.1) is 0 Å². The van der Waals surface area contributed by atoms with Crippen LogP contribution in [0.25, 0.3) is 0 Å². The van der Waals surface area contributed by atoms with Gasteiger partial charge in [0.2, 0.25) is 0 Å². The van der Waals surface area contributed by atoms with Crippen LogP contribution in [-0.2, 0) is 13.2 Å². The molecule has 1 aromatic carbocycles. The second-order valence-corrected chi connectivity index (χ2v) is 5.37. The number of aromatic nitrogens is 1. The van der Waals surface area contributed by atoms with E-state index in [2.05, 4.69) is 49.3 Å². The van der Waals surface area contributed by atoms with Gasteiger partial charge < -0.3 is 10.1 Å². The Bertz CT molecular complexity index is 564. The number of nitrogens with zero attached hydrogens (tertiary/aromatic N) is 1. The highest BCUT2D eigenvalue weighted by Gasteiger charge is 2.00. The van der Waals surface area contributed by atoms with E-state index < -0.39 is 0 Å². The molecule has 0 amide bonds. The molecule has 3 heteroatoms. The molecule has 1 aromatic heterocycles. The normalized spacial score (nSPS) is 10.6. The van der Waals surface area contributed by atoms with Crippen molar-refractivity contribution in [3.05, 3.63) is 58.9 Å². The molecule has 1 heterocycles. The SMILES string of the molecule is CCCNCc1ccc(COc2ccc(C)c(C)c2)nc1. The van der Waals surface area contributed by atoms with Crippen LogP contribution in [0.3, 0.4) is 0 Å². The Morgan fingerprint density at radius 1 is 1.10 bits per heavy atom. The first kappa shape index (κ1) is 15.5. The summed E-state index contributed by atoms with van der Waals surface area (Å²) >= 11 is 0. The van der Waals surface area contributed by atoms with Crippen molar-refractivity contribution < 1.29 is 4.74 Å². The lowest BCUT2D eigenvalue weighted by atomic mass is 10.1. The molecule has 3 nitrogen and oxygen atoms in total. The van der Waals surface area contributed by atoms with Gasteiger partial charge in [0.15, 0.2) is 0 Å². The van der Waals surface area contributed by atoms with E-state index in [1.807, 2.05) is 18.3 Å². The van der Waals surface area contributed by atoms with Crippen molar-refractivity contribution >= 4 is 0 Å². The Morgan fingerprint density at radius 3 is 2.62 bits per heavy atom. The molecule has 2 aromatic rings. The van der Waals surface area contributed by atoms with Gasteiger partial charge in [-0.25, -0.2) is 0 Å². The van der Waals surface area contributed by atoms with Gasteiger partial charge in [0, 0.05) is 12.7 Å². The lowest BCUT2D eigenvalue weighted by Gasteiger charge is -2.09. The van der Waals surface area contributed by atoms with Gasteiger partial charge in [0.1, 0.15) is 12.4 Å². The minimum Gasteiger partial charge on any atom is -0.487 e. The van der Waals surface area contributed by atoms with E-state index in [0.29, 0.717) is 6.61 Å². The quantitative estimate of drug-likeness (QED) is 0.786. The number of benzene rings is 1. The first-order chi connectivity index (χ1) is 10.2.